The zero-order chi connectivity index (χ0) is 25.0. The molecule has 0 unspecified atom stereocenters. The van der Waals surface area contributed by atoms with Crippen LogP contribution in [0.15, 0.2) is 78.9 Å². The molecule has 1 aromatic heterocycles. The summed E-state index contributed by atoms with van der Waals surface area (Å²) < 4.78 is 15.6. The maximum absolute atomic E-state index is 13.9. The lowest BCUT2D eigenvalue weighted by Crippen LogP contribution is -2.28. The Bertz CT molecular complexity index is 1310. The third kappa shape index (κ3) is 6.17. The van der Waals surface area contributed by atoms with Crippen LogP contribution in [0.2, 0.25) is 5.02 Å². The second-order valence-electron chi connectivity index (χ2n) is 9.62. The van der Waals surface area contributed by atoms with Gasteiger partial charge in [-0.15, -0.1) is 0 Å². The zero-order valence-corrected chi connectivity index (χ0v) is 20.9. The predicted octanol–water partition coefficient (Wildman–Crippen LogP) is 6.66. The quantitative estimate of drug-likeness (QED) is 0.315. The van der Waals surface area contributed by atoms with Gasteiger partial charge in [0.2, 0.25) is 0 Å². The Kier molecular flexibility index (Phi) is 7.37. The Balaban J connectivity index is 1.57. The Morgan fingerprint density at radius 1 is 1.00 bits per heavy atom. The van der Waals surface area contributed by atoms with Crippen LogP contribution in [-0.2, 0) is 18.4 Å². The topological polar surface area (TPSA) is 46.9 Å². The minimum absolute atomic E-state index is 0.0647. The highest BCUT2D eigenvalue weighted by molar-refractivity contribution is 6.30. The van der Waals surface area contributed by atoms with Gasteiger partial charge in [0, 0.05) is 17.1 Å². The zero-order valence-electron chi connectivity index (χ0n) is 20.2. The van der Waals surface area contributed by atoms with Gasteiger partial charge in [-0.1, -0.05) is 87.0 Å². The predicted molar refractivity (Wildman–Crippen MR) is 139 cm³/mol. The summed E-state index contributed by atoms with van der Waals surface area (Å²) in [4.78, 5) is 13.1. The molecular formula is C29H29ClFN3O. The molecule has 0 fully saturated rings. The molecule has 0 radical (unpaired) electrons. The van der Waals surface area contributed by atoms with Crippen molar-refractivity contribution < 1.29 is 9.18 Å². The van der Waals surface area contributed by atoms with Crippen LogP contribution in [0.25, 0.3) is 11.3 Å². The van der Waals surface area contributed by atoms with Gasteiger partial charge in [-0.25, -0.2) is 4.39 Å². The average molecular weight is 490 g/mol. The maximum Gasteiger partial charge on any atom is 0.269 e. The van der Waals surface area contributed by atoms with Crippen molar-refractivity contribution >= 4 is 17.5 Å². The number of benzene rings is 3. The number of carbonyl (C=O) groups excluding carboxylic acids is 1. The summed E-state index contributed by atoms with van der Waals surface area (Å²) in [6, 6.07) is 24.1. The Morgan fingerprint density at radius 3 is 2.34 bits per heavy atom. The molecule has 0 aliphatic rings. The summed E-state index contributed by atoms with van der Waals surface area (Å²) in [7, 11) is 0. The molecule has 6 heteroatoms. The molecule has 1 N–H and O–H groups in total. The number of carbonyl (C=O) groups is 1. The highest BCUT2D eigenvalue weighted by Crippen LogP contribution is 2.24. The van der Waals surface area contributed by atoms with Gasteiger partial charge in [-0.2, -0.15) is 5.10 Å². The van der Waals surface area contributed by atoms with E-state index in [1.165, 1.54) is 11.6 Å². The van der Waals surface area contributed by atoms with Gasteiger partial charge in [0.05, 0.1) is 12.2 Å². The fourth-order valence-electron chi connectivity index (χ4n) is 3.87. The Morgan fingerprint density at radius 2 is 1.69 bits per heavy atom. The molecule has 0 bridgehead atoms. The molecule has 4 rings (SSSR count). The van der Waals surface area contributed by atoms with Crippen molar-refractivity contribution in [3.05, 3.63) is 112 Å². The molecule has 4 aromatic rings. The second kappa shape index (κ2) is 10.4. The molecule has 4 nitrogen and oxygen atoms in total. The monoisotopic (exact) mass is 489 g/mol. The van der Waals surface area contributed by atoms with Crippen LogP contribution in [0.1, 0.15) is 48.0 Å². The number of halogens is 2. The smallest absolute Gasteiger partial charge is 0.269 e. The largest absolute Gasteiger partial charge is 0.350 e. The number of rotatable bonds is 7. The molecular weight excluding hydrogens is 461 g/mol. The molecule has 1 heterocycles. The van der Waals surface area contributed by atoms with E-state index in [-0.39, 0.29) is 17.1 Å². The van der Waals surface area contributed by atoms with Crippen LogP contribution < -0.4 is 5.32 Å². The Hall–Kier alpha value is -3.44. The molecule has 0 aliphatic carbocycles. The third-order valence-electron chi connectivity index (χ3n) is 5.94. The lowest BCUT2D eigenvalue weighted by atomic mass is 9.87. The van der Waals surface area contributed by atoms with Gasteiger partial charge < -0.3 is 5.32 Å². The number of nitrogens with zero attached hydrogens (tertiary/aromatic N) is 2. The first-order valence-electron chi connectivity index (χ1n) is 11.7. The third-order valence-corrected chi connectivity index (χ3v) is 6.19. The van der Waals surface area contributed by atoms with Crippen molar-refractivity contribution in [2.24, 2.45) is 0 Å². The lowest BCUT2D eigenvalue weighted by molar-refractivity contribution is 0.0943. The number of nitrogens with one attached hydrogen (secondary N) is 1. The van der Waals surface area contributed by atoms with E-state index in [1.54, 1.807) is 41.1 Å². The van der Waals surface area contributed by atoms with Crippen LogP contribution in [0.3, 0.4) is 0 Å². The van der Waals surface area contributed by atoms with Crippen LogP contribution in [0.5, 0.6) is 0 Å². The van der Waals surface area contributed by atoms with E-state index in [4.69, 9.17) is 16.7 Å². The van der Waals surface area contributed by atoms with Crippen molar-refractivity contribution in [1.29, 1.82) is 0 Å². The van der Waals surface area contributed by atoms with Gasteiger partial charge in [0.15, 0.2) is 0 Å². The van der Waals surface area contributed by atoms with E-state index in [0.717, 1.165) is 11.1 Å². The minimum Gasteiger partial charge on any atom is -0.350 e. The molecule has 0 atom stereocenters. The standard InChI is InChI=1S/C29H29ClFN3O/c1-29(2,3)23-12-8-20(9-13-23)19-34-27(18-26(33-34)22-10-14-24(30)15-11-22)28(35)32-17-16-21-6-4-5-7-25(21)31/h4-15,18H,16-17,19H2,1-3H3,(H,32,35). The van der Waals surface area contributed by atoms with E-state index in [2.05, 4.69) is 50.4 Å². The highest BCUT2D eigenvalue weighted by atomic mass is 35.5. The molecule has 3 aromatic carbocycles. The summed E-state index contributed by atoms with van der Waals surface area (Å²) >= 11 is 6.04. The second-order valence-corrected chi connectivity index (χ2v) is 10.1. The van der Waals surface area contributed by atoms with E-state index >= 15 is 0 Å². The van der Waals surface area contributed by atoms with Crippen molar-refractivity contribution in [1.82, 2.24) is 15.1 Å². The maximum atomic E-state index is 13.9. The first-order chi connectivity index (χ1) is 16.7. The van der Waals surface area contributed by atoms with E-state index < -0.39 is 0 Å². The summed E-state index contributed by atoms with van der Waals surface area (Å²) in [5.41, 5.74) is 4.93. The molecule has 0 aliphatic heterocycles. The normalized spacial score (nSPS) is 11.5. The first kappa shape index (κ1) is 24.7. The van der Waals surface area contributed by atoms with E-state index in [0.29, 0.717) is 41.5 Å². The van der Waals surface area contributed by atoms with Crippen molar-refractivity contribution in [2.45, 2.75) is 39.2 Å². The SMILES string of the molecule is CC(C)(C)c1ccc(Cn2nc(-c3ccc(Cl)cc3)cc2C(=O)NCCc2ccccc2F)cc1. The van der Waals surface area contributed by atoms with Crippen LogP contribution in [0, 0.1) is 5.82 Å². The first-order valence-corrected chi connectivity index (χ1v) is 12.0. The van der Waals surface area contributed by atoms with Crippen molar-refractivity contribution in [3.8, 4) is 11.3 Å². The average Bonchev–Trinajstić information content (AvgIpc) is 3.24. The molecule has 0 spiro atoms. The van der Waals surface area contributed by atoms with Crippen LogP contribution >= 0.6 is 11.6 Å². The van der Waals surface area contributed by atoms with Gasteiger partial charge >= 0.3 is 0 Å². The minimum atomic E-state index is -0.268. The molecule has 35 heavy (non-hydrogen) atoms. The summed E-state index contributed by atoms with van der Waals surface area (Å²) in [5, 5.41) is 8.28. The van der Waals surface area contributed by atoms with Crippen molar-refractivity contribution in [2.75, 3.05) is 6.54 Å². The fourth-order valence-corrected chi connectivity index (χ4v) is 3.99. The van der Waals surface area contributed by atoms with Gasteiger partial charge in [-0.3, -0.25) is 9.48 Å². The van der Waals surface area contributed by atoms with Gasteiger partial charge in [0.25, 0.3) is 5.91 Å². The highest BCUT2D eigenvalue weighted by Gasteiger charge is 2.18. The van der Waals surface area contributed by atoms with E-state index in [9.17, 15) is 9.18 Å². The number of amides is 1. The summed E-state index contributed by atoms with van der Waals surface area (Å²) in [6.07, 6.45) is 0.408. The van der Waals surface area contributed by atoms with E-state index in [1.807, 2.05) is 12.1 Å². The van der Waals surface area contributed by atoms with Gasteiger partial charge in [0.1, 0.15) is 11.5 Å². The molecule has 180 valence electrons. The number of hydrogen-bond donors (Lipinski definition) is 1. The fraction of sp³-hybridized carbons (Fsp3) is 0.241. The molecule has 0 saturated carbocycles. The summed E-state index contributed by atoms with van der Waals surface area (Å²) in [5.74, 6) is -0.518. The molecule has 1 amide bonds. The number of hydrogen-bond acceptors (Lipinski definition) is 2. The Labute approximate surface area is 210 Å². The van der Waals surface area contributed by atoms with Gasteiger partial charge in [-0.05, 0) is 52.8 Å². The lowest BCUT2D eigenvalue weighted by Gasteiger charge is -2.19. The number of aromatic nitrogens is 2. The summed E-state index contributed by atoms with van der Waals surface area (Å²) in [6.45, 7) is 7.31. The van der Waals surface area contributed by atoms with Crippen LogP contribution in [0.4, 0.5) is 4.39 Å². The van der Waals surface area contributed by atoms with Crippen LogP contribution in [-0.4, -0.2) is 22.2 Å². The van der Waals surface area contributed by atoms with Crippen molar-refractivity contribution in [3.63, 3.8) is 0 Å². The molecule has 0 saturated heterocycles.